The van der Waals surface area contributed by atoms with E-state index in [2.05, 4.69) is 5.32 Å². The Kier molecular flexibility index (Phi) is 12.9. The van der Waals surface area contributed by atoms with Crippen LogP contribution in [0.1, 0.15) is 84.2 Å². The Morgan fingerprint density at radius 1 is 1.05 bits per heavy atom. The quantitative estimate of drug-likeness (QED) is 0.167. The molecule has 1 saturated heterocycles. The third-order valence-electron chi connectivity index (χ3n) is 12.0. The number of fused-ring (bicyclic) bond motifs is 14. The molecule has 0 saturated carbocycles. The predicted molar refractivity (Wildman–Crippen MR) is 216 cm³/mol. The Labute approximate surface area is 338 Å². The molecule has 318 valence electrons. The van der Waals surface area contributed by atoms with E-state index in [0.717, 1.165) is 0 Å². The van der Waals surface area contributed by atoms with E-state index >= 15 is 0 Å². The molecule has 4 aliphatic heterocycles. The number of aromatic hydroxyl groups is 2. The van der Waals surface area contributed by atoms with Gasteiger partial charge in [-0.3, -0.25) is 14.4 Å². The maximum Gasteiger partial charge on any atom is 0.312 e. The first-order valence-electron chi connectivity index (χ1n) is 19.6. The lowest BCUT2D eigenvalue weighted by Crippen LogP contribution is -2.50. The number of Topliss-reactive ketones (excluding diaryl/α,β-unsaturated/α-hetero) is 1. The van der Waals surface area contributed by atoms with Crippen LogP contribution in [0.25, 0.3) is 10.8 Å². The van der Waals surface area contributed by atoms with Gasteiger partial charge >= 0.3 is 11.8 Å². The molecule has 0 aliphatic carbocycles. The van der Waals surface area contributed by atoms with Gasteiger partial charge in [0.15, 0.2) is 5.75 Å². The molecule has 0 aromatic heterocycles. The van der Waals surface area contributed by atoms with Crippen molar-refractivity contribution in [3.05, 3.63) is 53.3 Å². The number of benzene rings is 2. The van der Waals surface area contributed by atoms with Crippen molar-refractivity contribution in [1.29, 1.82) is 0 Å². The molecule has 11 atom stereocenters. The van der Waals surface area contributed by atoms with Crippen LogP contribution >= 0.6 is 0 Å². The molecular formula is C43H58N2O13. The fourth-order valence-electron chi connectivity index (χ4n) is 8.50. The van der Waals surface area contributed by atoms with E-state index < -0.39 is 94.9 Å². The highest BCUT2D eigenvalue weighted by Crippen LogP contribution is 2.54. The number of methoxy groups -OCH3 is 1. The number of allylic oxidation sites excluding steroid dienone is 2. The molecule has 7 N–H and O–H groups in total. The van der Waals surface area contributed by atoms with Crippen molar-refractivity contribution in [2.24, 2.45) is 17.8 Å². The van der Waals surface area contributed by atoms with Gasteiger partial charge in [-0.25, -0.2) is 0 Å². The zero-order valence-electron chi connectivity index (χ0n) is 34.8. The molecule has 2 aromatic rings. The summed E-state index contributed by atoms with van der Waals surface area (Å²) in [5, 5.41) is 71.3. The fourth-order valence-corrected chi connectivity index (χ4v) is 8.50. The summed E-state index contributed by atoms with van der Waals surface area (Å²) in [6, 6.07) is 1.09. The van der Waals surface area contributed by atoms with Gasteiger partial charge in [0.05, 0.1) is 53.4 Å². The van der Waals surface area contributed by atoms with E-state index in [4.69, 9.17) is 18.9 Å². The van der Waals surface area contributed by atoms with Crippen LogP contribution in [-0.4, -0.2) is 110 Å². The maximum absolute atomic E-state index is 14.6. The largest absolute Gasteiger partial charge is 0.507 e. The third kappa shape index (κ3) is 8.15. The van der Waals surface area contributed by atoms with Crippen LogP contribution < -0.4 is 15.0 Å². The Bertz CT molecular complexity index is 2020. The number of rotatable bonds is 4. The maximum atomic E-state index is 14.6. The average molecular weight is 811 g/mol. The minimum Gasteiger partial charge on any atom is -0.507 e. The van der Waals surface area contributed by atoms with E-state index in [1.807, 2.05) is 4.90 Å². The summed E-state index contributed by atoms with van der Waals surface area (Å²) in [4.78, 5) is 42.5. The SMILES string of the molecule is COC1/C=C/OC2(C)Oc3c(C)c(O)c4c(O)c(cc(N5CCCC5C(C)O)c4c3C2=O)NC(=O)/C(C)=C/C=C/C(C)(O)C(O)C(C)C(O)C(C)C(OC(C)=O)C1C. The molecule has 4 heterocycles. The molecular weight excluding hydrogens is 752 g/mol. The Morgan fingerprint density at radius 2 is 1.72 bits per heavy atom. The number of ether oxygens (including phenoxy) is 4. The first-order chi connectivity index (χ1) is 27.1. The predicted octanol–water partition coefficient (Wildman–Crippen LogP) is 4.51. The summed E-state index contributed by atoms with van der Waals surface area (Å²) in [7, 11) is 1.43. The van der Waals surface area contributed by atoms with Crippen LogP contribution in [0, 0.1) is 24.7 Å². The summed E-state index contributed by atoms with van der Waals surface area (Å²) < 4.78 is 23.8. The summed E-state index contributed by atoms with van der Waals surface area (Å²) in [5.74, 6) is -7.18. The summed E-state index contributed by atoms with van der Waals surface area (Å²) in [5.41, 5.74) is -1.35. The number of aliphatic hydroxyl groups is 4. The van der Waals surface area contributed by atoms with Gasteiger partial charge in [0.2, 0.25) is 0 Å². The lowest BCUT2D eigenvalue weighted by Gasteiger charge is -2.39. The van der Waals surface area contributed by atoms with Gasteiger partial charge in [-0.2, -0.15) is 0 Å². The van der Waals surface area contributed by atoms with Crippen LogP contribution in [0.2, 0.25) is 0 Å². The van der Waals surface area contributed by atoms with E-state index in [9.17, 15) is 45.0 Å². The number of hydrogen-bond acceptors (Lipinski definition) is 14. The van der Waals surface area contributed by atoms with Crippen LogP contribution in [0.4, 0.5) is 11.4 Å². The summed E-state index contributed by atoms with van der Waals surface area (Å²) in [6.07, 6.45) is 2.66. The van der Waals surface area contributed by atoms with Crippen molar-refractivity contribution < 1.29 is 64.0 Å². The minimum atomic E-state index is -1.98. The number of esters is 1. The molecule has 11 unspecified atom stereocenters. The van der Waals surface area contributed by atoms with Crippen molar-refractivity contribution >= 4 is 39.8 Å². The molecule has 6 rings (SSSR count). The zero-order chi connectivity index (χ0) is 43.2. The second-order valence-corrected chi connectivity index (χ2v) is 16.4. The number of nitrogens with zero attached hydrogens (tertiary/aromatic N) is 1. The Hall–Kier alpha value is -4.67. The van der Waals surface area contributed by atoms with Crippen molar-refractivity contribution in [1.82, 2.24) is 0 Å². The normalized spacial score (nSPS) is 34.9. The van der Waals surface area contributed by atoms with Gasteiger partial charge in [0.1, 0.15) is 23.2 Å². The van der Waals surface area contributed by atoms with Gasteiger partial charge in [-0.15, -0.1) is 0 Å². The number of hydrogen-bond donors (Lipinski definition) is 7. The van der Waals surface area contributed by atoms with Crippen LogP contribution in [0.5, 0.6) is 17.2 Å². The van der Waals surface area contributed by atoms with E-state index in [1.54, 1.807) is 27.7 Å². The van der Waals surface area contributed by atoms with Crippen molar-refractivity contribution in [2.75, 3.05) is 23.9 Å². The number of amides is 1. The number of carbonyl (C=O) groups is 3. The summed E-state index contributed by atoms with van der Waals surface area (Å²) in [6.45, 7) is 14.0. The standard InChI is InChI=1S/C43H58N2O13/c1-20-13-11-16-42(8,54)39(51)24(5)34(48)22(3)37(57-26(7)47)21(2)30(55-10)15-18-56-43(9)40(52)33-31-29(45-17-12-14-28(45)25(6)46)19-27(44-41(20)53)36(50)32(31)35(49)23(4)38(33)58-43/h11,13,15-16,18-19,21-22,24-25,28,30,34,37,39,46,48-51,54H,12,14,17H2,1-10H3,(H,44,53)/b16-11+,18-15+,20-13+. The molecule has 5 bridgehead atoms. The second-order valence-electron chi connectivity index (χ2n) is 16.4. The van der Waals surface area contributed by atoms with E-state index in [0.29, 0.717) is 25.1 Å². The number of phenols is 2. The summed E-state index contributed by atoms with van der Waals surface area (Å²) >= 11 is 0. The highest BCUT2D eigenvalue weighted by molar-refractivity contribution is 6.23. The van der Waals surface area contributed by atoms with E-state index in [-0.39, 0.29) is 38.9 Å². The number of ketones is 1. The molecule has 4 aliphatic rings. The van der Waals surface area contributed by atoms with Crippen LogP contribution in [0.3, 0.4) is 0 Å². The van der Waals surface area contributed by atoms with Gasteiger partial charge in [0.25, 0.3) is 11.7 Å². The molecule has 0 radical (unpaired) electrons. The number of carbonyl (C=O) groups excluding carboxylic acids is 3. The zero-order valence-corrected chi connectivity index (χ0v) is 34.8. The number of nitrogens with one attached hydrogen (secondary N) is 1. The van der Waals surface area contributed by atoms with Gasteiger partial charge in [-0.1, -0.05) is 39.0 Å². The van der Waals surface area contributed by atoms with Crippen molar-refractivity contribution in [3.8, 4) is 17.2 Å². The lowest BCUT2D eigenvalue weighted by molar-refractivity contribution is -0.162. The molecule has 58 heavy (non-hydrogen) atoms. The first kappa shape index (κ1) is 44.4. The van der Waals surface area contributed by atoms with Crippen molar-refractivity contribution in [2.45, 2.75) is 123 Å². The van der Waals surface area contributed by atoms with E-state index in [1.165, 1.54) is 78.4 Å². The molecule has 2 aromatic carbocycles. The number of anilines is 2. The molecule has 15 heteroatoms. The number of phenolic OH excluding ortho intramolecular Hbond substituents is 2. The monoisotopic (exact) mass is 810 g/mol. The van der Waals surface area contributed by atoms with Gasteiger partial charge in [0, 0.05) is 67.5 Å². The highest BCUT2D eigenvalue weighted by Gasteiger charge is 2.50. The lowest BCUT2D eigenvalue weighted by atomic mass is 9.77. The Balaban J connectivity index is 1.73. The first-order valence-corrected chi connectivity index (χ1v) is 19.6. The van der Waals surface area contributed by atoms with Crippen LogP contribution in [0.15, 0.2) is 42.2 Å². The molecule has 15 nitrogen and oxygen atoms in total. The fraction of sp³-hybridized carbons (Fsp3) is 0.558. The minimum absolute atomic E-state index is 0.0220. The van der Waals surface area contributed by atoms with Gasteiger partial charge < -0.3 is 59.8 Å². The van der Waals surface area contributed by atoms with Crippen LogP contribution in [-0.2, 0) is 23.8 Å². The topological polar surface area (TPSA) is 225 Å². The molecule has 1 amide bonds. The van der Waals surface area contributed by atoms with Crippen molar-refractivity contribution in [3.63, 3.8) is 0 Å². The third-order valence-corrected chi connectivity index (χ3v) is 12.0. The molecule has 0 spiro atoms. The Morgan fingerprint density at radius 3 is 2.34 bits per heavy atom. The van der Waals surface area contributed by atoms with Gasteiger partial charge in [-0.05, 0) is 52.7 Å². The molecule has 1 fully saturated rings. The number of aliphatic hydroxyl groups excluding tert-OH is 3. The highest BCUT2D eigenvalue weighted by atomic mass is 16.7. The average Bonchev–Trinajstić information content (AvgIpc) is 3.76. The second kappa shape index (κ2) is 16.9. The smallest absolute Gasteiger partial charge is 0.312 e.